The molecule has 1 aliphatic rings. The number of halogens is 1. The molecule has 3 nitrogen and oxygen atoms in total. The molecule has 21 heavy (non-hydrogen) atoms. The van der Waals surface area contributed by atoms with Crippen LogP contribution < -0.4 is 5.32 Å². The number of hydrogen-bond donors (Lipinski definition) is 1. The molecule has 1 saturated heterocycles. The summed E-state index contributed by atoms with van der Waals surface area (Å²) in [6.07, 6.45) is 2.86. The largest absolute Gasteiger partial charge is 0.319 e. The normalized spacial score (nSPS) is 20.3. The standard InChI is InChI=1S/C17H25FN2O/c1-12(2)7-6-8-13(3)20-16(21)11-19-17(20)14-9-4-5-10-15(14)18/h4-5,9-10,12-13,17,19H,6-8,11H2,1-3H3. The molecule has 0 aliphatic carbocycles. The second kappa shape index (κ2) is 7.03. The first kappa shape index (κ1) is 16.0. The summed E-state index contributed by atoms with van der Waals surface area (Å²) >= 11 is 0. The molecule has 0 bridgehead atoms. The van der Waals surface area contributed by atoms with Crippen LogP contribution in [-0.4, -0.2) is 23.4 Å². The molecule has 4 heteroatoms. The molecule has 1 N–H and O–H groups in total. The Morgan fingerprint density at radius 3 is 2.67 bits per heavy atom. The van der Waals surface area contributed by atoms with E-state index in [4.69, 9.17) is 0 Å². The van der Waals surface area contributed by atoms with Crippen molar-refractivity contribution in [3.63, 3.8) is 0 Å². The van der Waals surface area contributed by atoms with Gasteiger partial charge in [0, 0.05) is 11.6 Å². The maximum Gasteiger partial charge on any atom is 0.238 e. The second-order valence-electron chi connectivity index (χ2n) is 6.28. The lowest BCUT2D eigenvalue weighted by atomic mass is 10.0. The van der Waals surface area contributed by atoms with E-state index < -0.39 is 0 Å². The van der Waals surface area contributed by atoms with E-state index in [1.807, 2.05) is 6.07 Å². The highest BCUT2D eigenvalue weighted by Crippen LogP contribution is 2.28. The monoisotopic (exact) mass is 292 g/mol. The third-order valence-corrected chi connectivity index (χ3v) is 4.09. The number of carbonyl (C=O) groups excluding carboxylic acids is 1. The molecule has 1 fully saturated rings. The molecular formula is C17H25FN2O. The first-order valence-electron chi connectivity index (χ1n) is 7.79. The van der Waals surface area contributed by atoms with Gasteiger partial charge in [-0.05, 0) is 25.3 Å². The van der Waals surface area contributed by atoms with Crippen LogP contribution in [0.15, 0.2) is 24.3 Å². The molecule has 2 rings (SSSR count). The van der Waals surface area contributed by atoms with Crippen molar-refractivity contribution in [2.24, 2.45) is 5.92 Å². The number of rotatable bonds is 6. The smallest absolute Gasteiger partial charge is 0.238 e. The van der Waals surface area contributed by atoms with Gasteiger partial charge in [-0.1, -0.05) is 44.9 Å². The Morgan fingerprint density at radius 1 is 1.29 bits per heavy atom. The van der Waals surface area contributed by atoms with Crippen LogP contribution >= 0.6 is 0 Å². The minimum absolute atomic E-state index is 0.0558. The highest BCUT2D eigenvalue weighted by atomic mass is 19.1. The van der Waals surface area contributed by atoms with E-state index in [1.165, 1.54) is 6.07 Å². The van der Waals surface area contributed by atoms with Crippen molar-refractivity contribution in [2.45, 2.75) is 52.2 Å². The number of carbonyl (C=O) groups is 1. The Kier molecular flexibility index (Phi) is 5.34. The molecule has 0 radical (unpaired) electrons. The lowest BCUT2D eigenvalue weighted by Crippen LogP contribution is -2.38. The summed E-state index contributed by atoms with van der Waals surface area (Å²) in [6.45, 7) is 6.75. The van der Waals surface area contributed by atoms with Gasteiger partial charge in [0.2, 0.25) is 5.91 Å². The topological polar surface area (TPSA) is 32.3 Å². The Morgan fingerprint density at radius 2 is 2.00 bits per heavy atom. The fourth-order valence-corrected chi connectivity index (χ4v) is 2.94. The summed E-state index contributed by atoms with van der Waals surface area (Å²) in [5.74, 6) is 0.469. The van der Waals surface area contributed by atoms with E-state index in [0.29, 0.717) is 11.5 Å². The third kappa shape index (κ3) is 3.82. The minimum Gasteiger partial charge on any atom is -0.319 e. The molecule has 1 aromatic carbocycles. The van der Waals surface area contributed by atoms with Gasteiger partial charge in [0.05, 0.1) is 6.54 Å². The van der Waals surface area contributed by atoms with Crippen molar-refractivity contribution in [2.75, 3.05) is 6.54 Å². The fraction of sp³-hybridized carbons (Fsp3) is 0.588. The van der Waals surface area contributed by atoms with E-state index >= 15 is 0 Å². The first-order chi connectivity index (χ1) is 10.0. The zero-order valence-electron chi connectivity index (χ0n) is 13.1. The SMILES string of the molecule is CC(C)CCCC(C)N1C(=O)CNC1c1ccccc1F. The van der Waals surface area contributed by atoms with Crippen LogP contribution in [-0.2, 0) is 4.79 Å². The quantitative estimate of drug-likeness (QED) is 0.870. The predicted molar refractivity (Wildman–Crippen MR) is 82.1 cm³/mol. The van der Waals surface area contributed by atoms with Crippen LogP contribution in [0.4, 0.5) is 4.39 Å². The molecule has 116 valence electrons. The van der Waals surface area contributed by atoms with Crippen molar-refractivity contribution >= 4 is 5.91 Å². The van der Waals surface area contributed by atoms with Gasteiger partial charge in [-0.25, -0.2) is 4.39 Å². The third-order valence-electron chi connectivity index (χ3n) is 4.09. The number of nitrogens with zero attached hydrogens (tertiary/aromatic N) is 1. The van der Waals surface area contributed by atoms with E-state index in [1.54, 1.807) is 17.0 Å². The second-order valence-corrected chi connectivity index (χ2v) is 6.28. The highest BCUT2D eigenvalue weighted by molar-refractivity contribution is 5.81. The number of hydrogen-bond acceptors (Lipinski definition) is 2. The maximum absolute atomic E-state index is 14.0. The molecule has 0 saturated carbocycles. The molecule has 1 aromatic rings. The summed E-state index contributed by atoms with van der Waals surface area (Å²) < 4.78 is 14.0. The molecule has 2 atom stereocenters. The zero-order chi connectivity index (χ0) is 15.4. The van der Waals surface area contributed by atoms with Crippen LogP contribution in [0.2, 0.25) is 0 Å². The van der Waals surface area contributed by atoms with Crippen LogP contribution in [0.3, 0.4) is 0 Å². The van der Waals surface area contributed by atoms with Crippen molar-refractivity contribution in [3.05, 3.63) is 35.6 Å². The molecule has 1 heterocycles. The molecule has 1 amide bonds. The van der Waals surface area contributed by atoms with Crippen LogP contribution in [0.25, 0.3) is 0 Å². The van der Waals surface area contributed by atoms with E-state index in [-0.39, 0.29) is 30.5 Å². The minimum atomic E-state index is -0.340. The van der Waals surface area contributed by atoms with E-state index in [0.717, 1.165) is 19.3 Å². The average Bonchev–Trinajstić information content (AvgIpc) is 2.80. The maximum atomic E-state index is 14.0. The summed E-state index contributed by atoms with van der Waals surface area (Å²) in [4.78, 5) is 14.0. The van der Waals surface area contributed by atoms with E-state index in [9.17, 15) is 9.18 Å². The summed E-state index contributed by atoms with van der Waals surface area (Å²) in [5.41, 5.74) is 0.555. The van der Waals surface area contributed by atoms with Crippen molar-refractivity contribution in [1.29, 1.82) is 0 Å². The van der Waals surface area contributed by atoms with Gasteiger partial charge in [0.25, 0.3) is 0 Å². The zero-order valence-corrected chi connectivity index (χ0v) is 13.1. The van der Waals surface area contributed by atoms with Gasteiger partial charge < -0.3 is 4.90 Å². The van der Waals surface area contributed by atoms with Gasteiger partial charge in [0.15, 0.2) is 0 Å². The van der Waals surface area contributed by atoms with Crippen LogP contribution in [0.5, 0.6) is 0 Å². The van der Waals surface area contributed by atoms with Gasteiger partial charge in [-0.15, -0.1) is 0 Å². The fourth-order valence-electron chi connectivity index (χ4n) is 2.94. The Labute approximate surface area is 126 Å². The Balaban J connectivity index is 2.08. The summed E-state index contributed by atoms with van der Waals surface area (Å²) in [5, 5.41) is 3.13. The van der Waals surface area contributed by atoms with Gasteiger partial charge >= 0.3 is 0 Å². The van der Waals surface area contributed by atoms with Crippen molar-refractivity contribution < 1.29 is 9.18 Å². The van der Waals surface area contributed by atoms with Gasteiger partial charge in [-0.3, -0.25) is 10.1 Å². The van der Waals surface area contributed by atoms with Crippen LogP contribution in [0, 0.1) is 11.7 Å². The van der Waals surface area contributed by atoms with Gasteiger partial charge in [-0.2, -0.15) is 0 Å². The number of amides is 1. The average molecular weight is 292 g/mol. The summed E-state index contributed by atoms with van der Waals surface area (Å²) in [6, 6.07) is 6.80. The molecule has 0 aromatic heterocycles. The van der Waals surface area contributed by atoms with Crippen molar-refractivity contribution in [1.82, 2.24) is 10.2 Å². The molecule has 0 spiro atoms. The van der Waals surface area contributed by atoms with Crippen molar-refractivity contribution in [3.8, 4) is 0 Å². The van der Waals surface area contributed by atoms with Gasteiger partial charge in [0.1, 0.15) is 12.0 Å². The number of nitrogens with one attached hydrogen (secondary N) is 1. The summed E-state index contributed by atoms with van der Waals surface area (Å²) in [7, 11) is 0. The predicted octanol–water partition coefficient (Wildman–Crippen LogP) is 3.47. The molecule has 2 unspecified atom stereocenters. The lowest BCUT2D eigenvalue weighted by Gasteiger charge is -2.31. The first-order valence-corrected chi connectivity index (χ1v) is 7.79. The highest BCUT2D eigenvalue weighted by Gasteiger charge is 2.35. The lowest BCUT2D eigenvalue weighted by molar-refractivity contribution is -0.130. The molecule has 1 aliphatic heterocycles. The van der Waals surface area contributed by atoms with Crippen LogP contribution in [0.1, 0.15) is 51.8 Å². The number of benzene rings is 1. The molecular weight excluding hydrogens is 267 g/mol. The van der Waals surface area contributed by atoms with E-state index in [2.05, 4.69) is 26.1 Å². The Bertz CT molecular complexity index is 489. The Hall–Kier alpha value is -1.42.